The Morgan fingerprint density at radius 1 is 0.906 bits per heavy atom. The van der Waals surface area contributed by atoms with Crippen LogP contribution in [0.1, 0.15) is 16.8 Å². The zero-order valence-electron chi connectivity index (χ0n) is 16.9. The van der Waals surface area contributed by atoms with Crippen LogP contribution in [0, 0.1) is 35.5 Å². The normalized spacial score (nSPS) is 31.5. The molecule has 3 fully saturated rings. The van der Waals surface area contributed by atoms with Crippen molar-refractivity contribution in [2.75, 3.05) is 11.5 Å². The number of Topliss-reactive ketones (excluding diaryl/α,β-unsaturated/α-hetero) is 1. The van der Waals surface area contributed by atoms with Crippen LogP contribution in [0.2, 0.25) is 10.0 Å². The maximum atomic E-state index is 13.2. The van der Waals surface area contributed by atoms with Crippen LogP contribution in [0.15, 0.2) is 54.6 Å². The molecule has 1 heterocycles. The molecular formula is C25H19Cl2NO4. The van der Waals surface area contributed by atoms with Crippen molar-refractivity contribution in [3.63, 3.8) is 0 Å². The van der Waals surface area contributed by atoms with Gasteiger partial charge in [-0.2, -0.15) is 0 Å². The summed E-state index contributed by atoms with van der Waals surface area (Å²) in [6.45, 7) is -0.230. The molecule has 4 aliphatic carbocycles. The number of hydrogen-bond acceptors (Lipinski definition) is 4. The van der Waals surface area contributed by atoms with E-state index in [-0.39, 0.29) is 63.5 Å². The first-order chi connectivity index (χ1) is 15.5. The molecule has 1 saturated heterocycles. The van der Waals surface area contributed by atoms with Gasteiger partial charge in [0.25, 0.3) is 0 Å². The molecule has 7 heteroatoms. The summed E-state index contributed by atoms with van der Waals surface area (Å²) in [4.78, 5) is 40.2. The number of halogens is 2. The Morgan fingerprint density at radius 2 is 1.47 bits per heavy atom. The topological polar surface area (TPSA) is 63.7 Å². The van der Waals surface area contributed by atoms with Crippen molar-refractivity contribution in [3.8, 4) is 5.75 Å². The molecule has 2 unspecified atom stereocenters. The van der Waals surface area contributed by atoms with Gasteiger partial charge < -0.3 is 4.74 Å². The van der Waals surface area contributed by atoms with Crippen LogP contribution < -0.4 is 9.64 Å². The predicted octanol–water partition coefficient (Wildman–Crippen LogP) is 4.81. The standard InChI is InChI=1S/C25H19Cl2NO4/c26-18-2-1-3-19(27)23(18)20(29)11-32-13-6-4-12(5-7-13)28-24(30)21-14-8-9-15(17-10-16(14)17)22(21)25(28)31/h1-9,14-17,21-22H,10-11H2/t14-,15?,16?,17-,21-,22+/m0/s1. The molecule has 0 N–H and O–H groups in total. The molecule has 2 aromatic rings. The van der Waals surface area contributed by atoms with E-state index < -0.39 is 0 Å². The van der Waals surface area contributed by atoms with E-state index in [0.29, 0.717) is 23.3 Å². The first-order valence-corrected chi connectivity index (χ1v) is 11.5. The lowest BCUT2D eigenvalue weighted by Gasteiger charge is -2.37. The van der Waals surface area contributed by atoms with Gasteiger partial charge in [-0.15, -0.1) is 0 Å². The van der Waals surface area contributed by atoms with Crippen LogP contribution in [-0.2, 0) is 9.59 Å². The van der Waals surface area contributed by atoms with E-state index in [9.17, 15) is 14.4 Å². The zero-order chi connectivity index (χ0) is 22.1. The summed E-state index contributed by atoms with van der Waals surface area (Å²) in [6.07, 6.45) is 5.46. The van der Waals surface area contributed by atoms with Crippen LogP contribution in [0.5, 0.6) is 5.75 Å². The molecule has 1 aliphatic heterocycles. The van der Waals surface area contributed by atoms with Gasteiger partial charge in [-0.1, -0.05) is 41.4 Å². The van der Waals surface area contributed by atoms with Crippen molar-refractivity contribution in [1.82, 2.24) is 0 Å². The molecule has 2 saturated carbocycles. The highest BCUT2D eigenvalue weighted by Gasteiger charge is 2.67. The van der Waals surface area contributed by atoms with E-state index in [0.717, 1.165) is 6.42 Å². The fourth-order valence-corrected chi connectivity index (χ4v) is 6.50. The molecule has 6 atom stereocenters. The van der Waals surface area contributed by atoms with Crippen molar-refractivity contribution in [3.05, 3.63) is 70.2 Å². The fraction of sp³-hybridized carbons (Fsp3) is 0.320. The molecule has 2 amide bonds. The number of allylic oxidation sites excluding steroid dienone is 2. The first kappa shape index (κ1) is 20.0. The van der Waals surface area contributed by atoms with Gasteiger partial charge in [-0.25, -0.2) is 0 Å². The average Bonchev–Trinajstić information content (AvgIpc) is 3.56. The number of amides is 2. The number of imide groups is 1. The summed E-state index contributed by atoms with van der Waals surface area (Å²) >= 11 is 12.2. The lowest BCUT2D eigenvalue weighted by Crippen LogP contribution is -2.40. The quantitative estimate of drug-likeness (QED) is 0.359. The van der Waals surface area contributed by atoms with E-state index in [1.54, 1.807) is 42.5 Å². The highest BCUT2D eigenvalue weighted by atomic mass is 35.5. The Bertz CT molecular complexity index is 1130. The second-order valence-electron chi connectivity index (χ2n) is 8.97. The van der Waals surface area contributed by atoms with Crippen LogP contribution in [-0.4, -0.2) is 24.2 Å². The average molecular weight is 468 g/mol. The Kier molecular flexibility index (Phi) is 4.50. The van der Waals surface area contributed by atoms with Crippen LogP contribution >= 0.6 is 23.2 Å². The largest absolute Gasteiger partial charge is 0.485 e. The van der Waals surface area contributed by atoms with Gasteiger partial charge in [0.05, 0.1) is 33.1 Å². The van der Waals surface area contributed by atoms with Gasteiger partial charge >= 0.3 is 0 Å². The van der Waals surface area contributed by atoms with Crippen LogP contribution in [0.3, 0.4) is 0 Å². The minimum absolute atomic E-state index is 0.0955. The van der Waals surface area contributed by atoms with Gasteiger partial charge in [0.15, 0.2) is 6.61 Å². The molecule has 5 aliphatic rings. The predicted molar refractivity (Wildman–Crippen MR) is 120 cm³/mol. The number of rotatable bonds is 5. The second kappa shape index (κ2) is 7.19. The van der Waals surface area contributed by atoms with Crippen molar-refractivity contribution in [2.24, 2.45) is 35.5 Å². The van der Waals surface area contributed by atoms with Gasteiger partial charge in [-0.3, -0.25) is 19.3 Å². The number of ketones is 1. The monoisotopic (exact) mass is 467 g/mol. The fourth-order valence-electron chi connectivity index (χ4n) is 5.89. The Labute approximate surface area is 194 Å². The second-order valence-corrected chi connectivity index (χ2v) is 9.78. The van der Waals surface area contributed by atoms with E-state index in [1.807, 2.05) is 0 Å². The third-order valence-electron chi connectivity index (χ3n) is 7.37. The zero-order valence-corrected chi connectivity index (χ0v) is 18.4. The highest BCUT2D eigenvalue weighted by molar-refractivity contribution is 6.39. The summed E-state index contributed by atoms with van der Waals surface area (Å²) in [7, 11) is 0. The molecule has 162 valence electrons. The molecule has 0 spiro atoms. The number of benzene rings is 2. The van der Waals surface area contributed by atoms with Gasteiger partial charge in [0, 0.05) is 0 Å². The number of anilines is 1. The molecule has 5 nitrogen and oxygen atoms in total. The van der Waals surface area contributed by atoms with Crippen molar-refractivity contribution in [1.29, 1.82) is 0 Å². The van der Waals surface area contributed by atoms with E-state index in [4.69, 9.17) is 27.9 Å². The summed E-state index contributed by atoms with van der Waals surface area (Å²) in [5.74, 6) is 1.01. The van der Waals surface area contributed by atoms with Gasteiger partial charge in [0.2, 0.25) is 17.6 Å². The van der Waals surface area contributed by atoms with E-state index >= 15 is 0 Å². The number of nitrogens with zero attached hydrogens (tertiary/aromatic N) is 1. The minimum atomic E-state index is -0.333. The maximum Gasteiger partial charge on any atom is 0.238 e. The summed E-state index contributed by atoms with van der Waals surface area (Å²) in [5, 5.41) is 0.546. The van der Waals surface area contributed by atoms with Crippen LogP contribution in [0.4, 0.5) is 5.69 Å². The lowest BCUT2D eigenvalue weighted by molar-refractivity contribution is -0.124. The van der Waals surface area contributed by atoms with Crippen molar-refractivity contribution in [2.45, 2.75) is 6.42 Å². The highest BCUT2D eigenvalue weighted by Crippen LogP contribution is 2.65. The molecule has 7 rings (SSSR count). The van der Waals surface area contributed by atoms with E-state index in [2.05, 4.69) is 12.2 Å². The molecule has 0 radical (unpaired) electrons. The van der Waals surface area contributed by atoms with Crippen molar-refractivity contribution >= 4 is 46.5 Å². The Balaban J connectivity index is 1.17. The minimum Gasteiger partial charge on any atom is -0.485 e. The SMILES string of the molecule is O=C(COc1ccc(N2C(=O)[C@@H]3[C@H](C2=O)C2C=C[C@H]3C3C[C@@H]23)cc1)c1c(Cl)cccc1Cl. The van der Waals surface area contributed by atoms with Gasteiger partial charge in [0.1, 0.15) is 5.75 Å². The summed E-state index contributed by atoms with van der Waals surface area (Å²) < 4.78 is 5.60. The Hall–Kier alpha value is -2.63. The molecule has 2 bridgehead atoms. The Morgan fingerprint density at radius 3 is 2.03 bits per heavy atom. The van der Waals surface area contributed by atoms with Gasteiger partial charge in [-0.05, 0) is 66.5 Å². The van der Waals surface area contributed by atoms with E-state index in [1.165, 1.54) is 4.90 Å². The van der Waals surface area contributed by atoms with Crippen molar-refractivity contribution < 1.29 is 19.1 Å². The number of hydrogen-bond donors (Lipinski definition) is 0. The number of carbonyl (C=O) groups excluding carboxylic acids is 3. The maximum absolute atomic E-state index is 13.2. The molecule has 2 aromatic carbocycles. The third-order valence-corrected chi connectivity index (χ3v) is 8.00. The first-order valence-electron chi connectivity index (χ1n) is 10.7. The van der Waals surface area contributed by atoms with Crippen LogP contribution in [0.25, 0.3) is 0 Å². The molecular weight excluding hydrogens is 449 g/mol. The molecule has 32 heavy (non-hydrogen) atoms. The smallest absolute Gasteiger partial charge is 0.238 e. The lowest BCUT2D eigenvalue weighted by atomic mass is 9.63. The number of carbonyl (C=O) groups is 3. The summed E-state index contributed by atoms with van der Waals surface area (Å²) in [6, 6.07) is 11.6. The summed E-state index contributed by atoms with van der Waals surface area (Å²) in [5.41, 5.74) is 0.764. The molecule has 0 aromatic heterocycles. The third kappa shape index (κ3) is 2.87. The number of ether oxygens (including phenoxy) is 1.